The Bertz CT molecular complexity index is 995. The Kier molecular flexibility index (Phi) is 6.14. The van der Waals surface area contributed by atoms with Crippen LogP contribution in [0.1, 0.15) is 23.7 Å². The molecule has 0 spiro atoms. The van der Waals surface area contributed by atoms with Crippen LogP contribution in [0.2, 0.25) is 0 Å². The fourth-order valence-corrected chi connectivity index (χ4v) is 2.77. The summed E-state index contributed by atoms with van der Waals surface area (Å²) in [4.78, 5) is 25.1. The van der Waals surface area contributed by atoms with Crippen molar-refractivity contribution >= 4 is 28.5 Å². The molecule has 0 fully saturated rings. The van der Waals surface area contributed by atoms with Gasteiger partial charge < -0.3 is 13.9 Å². The third-order valence-corrected chi connectivity index (χ3v) is 4.19. The maximum absolute atomic E-state index is 13.1. The van der Waals surface area contributed by atoms with Gasteiger partial charge in [-0.05, 0) is 31.5 Å². The van der Waals surface area contributed by atoms with E-state index in [1.165, 1.54) is 6.07 Å². The molecule has 5 nitrogen and oxygen atoms in total. The van der Waals surface area contributed by atoms with Crippen molar-refractivity contribution in [2.45, 2.75) is 13.3 Å². The van der Waals surface area contributed by atoms with E-state index in [0.717, 1.165) is 5.56 Å². The molecule has 0 saturated heterocycles. The number of hydrogen-bond donors (Lipinski definition) is 0. The average molecular weight is 387 g/mol. The minimum Gasteiger partial charge on any atom is -0.486 e. The van der Waals surface area contributed by atoms with Crippen LogP contribution < -0.4 is 10.2 Å². The number of benzene rings is 2. The molecular formula is C21H19ClO5. The zero-order valence-electron chi connectivity index (χ0n) is 14.9. The van der Waals surface area contributed by atoms with Crippen LogP contribution in [0.5, 0.6) is 5.75 Å². The molecule has 0 aliphatic heterocycles. The quantitative estimate of drug-likeness (QED) is 0.336. The zero-order valence-corrected chi connectivity index (χ0v) is 15.6. The lowest BCUT2D eigenvalue weighted by Crippen LogP contribution is -2.12. The number of esters is 1. The summed E-state index contributed by atoms with van der Waals surface area (Å²) < 4.78 is 16.7. The van der Waals surface area contributed by atoms with Crippen molar-refractivity contribution in [2.75, 3.05) is 19.1 Å². The van der Waals surface area contributed by atoms with Gasteiger partial charge in [0.25, 0.3) is 0 Å². The first-order chi connectivity index (χ1) is 13.2. The van der Waals surface area contributed by atoms with Gasteiger partial charge in [-0.1, -0.05) is 30.3 Å². The predicted molar refractivity (Wildman–Crippen MR) is 105 cm³/mol. The summed E-state index contributed by atoms with van der Waals surface area (Å²) in [7, 11) is 0. The van der Waals surface area contributed by atoms with Crippen molar-refractivity contribution in [2.24, 2.45) is 0 Å². The molecule has 3 rings (SSSR count). The van der Waals surface area contributed by atoms with Gasteiger partial charge in [0.1, 0.15) is 5.58 Å². The van der Waals surface area contributed by atoms with Crippen molar-refractivity contribution in [1.29, 1.82) is 0 Å². The summed E-state index contributed by atoms with van der Waals surface area (Å²) in [6.07, 6.45) is 0.593. The molecule has 1 heterocycles. The van der Waals surface area contributed by atoms with Crippen molar-refractivity contribution in [3.05, 3.63) is 64.3 Å². The maximum atomic E-state index is 13.1. The van der Waals surface area contributed by atoms with Crippen LogP contribution in [0.3, 0.4) is 0 Å². The number of carbonyl (C=O) groups excluding carboxylic acids is 1. The number of rotatable bonds is 7. The second-order valence-corrected chi connectivity index (χ2v) is 6.16. The van der Waals surface area contributed by atoms with Gasteiger partial charge >= 0.3 is 5.97 Å². The molecule has 0 saturated carbocycles. The summed E-state index contributed by atoms with van der Waals surface area (Å²) in [5.41, 5.74) is 1.05. The number of fused-ring (bicyclic) bond motifs is 1. The molecule has 27 heavy (non-hydrogen) atoms. The number of alkyl halides is 1. The number of ether oxygens (including phenoxy) is 2. The van der Waals surface area contributed by atoms with Crippen molar-refractivity contribution < 1.29 is 18.7 Å². The summed E-state index contributed by atoms with van der Waals surface area (Å²) in [6, 6.07) is 13.9. The summed E-state index contributed by atoms with van der Waals surface area (Å²) in [5.74, 6) is 0.397. The van der Waals surface area contributed by atoms with Crippen LogP contribution in [0.25, 0.3) is 22.3 Å². The first-order valence-electron chi connectivity index (χ1n) is 8.68. The van der Waals surface area contributed by atoms with Crippen LogP contribution >= 0.6 is 11.6 Å². The van der Waals surface area contributed by atoms with E-state index in [4.69, 9.17) is 25.5 Å². The Balaban J connectivity index is 2.16. The van der Waals surface area contributed by atoms with Crippen molar-refractivity contribution in [1.82, 2.24) is 0 Å². The number of carbonyl (C=O) groups is 1. The topological polar surface area (TPSA) is 65.7 Å². The minimum absolute atomic E-state index is 0.111. The van der Waals surface area contributed by atoms with E-state index >= 15 is 0 Å². The molecule has 3 aromatic rings. The van der Waals surface area contributed by atoms with Crippen LogP contribution in [-0.2, 0) is 4.74 Å². The van der Waals surface area contributed by atoms with E-state index in [2.05, 4.69) is 0 Å². The molecule has 2 aromatic carbocycles. The van der Waals surface area contributed by atoms with E-state index < -0.39 is 5.97 Å². The zero-order chi connectivity index (χ0) is 19.2. The highest BCUT2D eigenvalue weighted by molar-refractivity contribution is 6.17. The lowest BCUT2D eigenvalue weighted by Gasteiger charge is -2.12. The second kappa shape index (κ2) is 8.73. The summed E-state index contributed by atoms with van der Waals surface area (Å²) >= 11 is 5.71. The van der Waals surface area contributed by atoms with Gasteiger partial charge in [-0.25, -0.2) is 4.79 Å². The molecule has 0 aliphatic rings. The highest BCUT2D eigenvalue weighted by Gasteiger charge is 2.19. The fraction of sp³-hybridized carbons (Fsp3) is 0.238. The minimum atomic E-state index is -0.490. The first-order valence-corrected chi connectivity index (χ1v) is 9.21. The lowest BCUT2D eigenvalue weighted by atomic mass is 10.1. The fourth-order valence-electron chi connectivity index (χ4n) is 2.66. The molecule has 1 aromatic heterocycles. The summed E-state index contributed by atoms with van der Waals surface area (Å²) in [5, 5.41) is 0.265. The molecule has 0 unspecified atom stereocenters. The number of halogens is 1. The highest BCUT2D eigenvalue weighted by atomic mass is 35.5. The van der Waals surface area contributed by atoms with E-state index in [1.54, 1.807) is 19.1 Å². The van der Waals surface area contributed by atoms with Gasteiger partial charge in [-0.3, -0.25) is 4.79 Å². The molecule has 0 atom stereocenters. The van der Waals surface area contributed by atoms with Crippen molar-refractivity contribution in [3.63, 3.8) is 0 Å². The first kappa shape index (κ1) is 19.0. The van der Waals surface area contributed by atoms with Crippen LogP contribution in [0, 0.1) is 0 Å². The molecule has 0 N–H and O–H groups in total. The molecule has 140 valence electrons. The highest BCUT2D eigenvalue weighted by Crippen LogP contribution is 2.31. The molecule has 0 bridgehead atoms. The average Bonchev–Trinajstić information content (AvgIpc) is 2.70. The SMILES string of the molecule is CCOC(=O)c1ccc2oc(-c3ccccc3)c(OCCCCl)c(=O)c2c1. The predicted octanol–water partition coefficient (Wildman–Crippen LogP) is 4.64. The van der Waals surface area contributed by atoms with E-state index in [0.29, 0.717) is 23.6 Å². The van der Waals surface area contributed by atoms with Gasteiger partial charge in [-0.2, -0.15) is 0 Å². The van der Waals surface area contributed by atoms with Crippen LogP contribution in [0.15, 0.2) is 57.7 Å². The molecular weight excluding hydrogens is 368 g/mol. The summed E-state index contributed by atoms with van der Waals surface area (Å²) in [6.45, 7) is 2.27. The van der Waals surface area contributed by atoms with Crippen molar-refractivity contribution in [3.8, 4) is 17.1 Å². The smallest absolute Gasteiger partial charge is 0.338 e. The Morgan fingerprint density at radius 1 is 1.15 bits per heavy atom. The molecule has 0 aliphatic carbocycles. The molecule has 6 heteroatoms. The van der Waals surface area contributed by atoms with Gasteiger partial charge in [0.05, 0.1) is 24.2 Å². The number of hydrogen-bond acceptors (Lipinski definition) is 5. The van der Waals surface area contributed by atoms with E-state index in [1.807, 2.05) is 30.3 Å². The third kappa shape index (κ3) is 4.14. The maximum Gasteiger partial charge on any atom is 0.338 e. The Labute approximate surface area is 161 Å². The molecule has 0 radical (unpaired) electrons. The Morgan fingerprint density at radius 3 is 2.63 bits per heavy atom. The molecule has 0 amide bonds. The second-order valence-electron chi connectivity index (χ2n) is 5.78. The normalized spacial score (nSPS) is 10.7. The van der Waals surface area contributed by atoms with Crippen LogP contribution in [-0.4, -0.2) is 25.1 Å². The van der Waals surface area contributed by atoms with Crippen LogP contribution in [0.4, 0.5) is 0 Å². The lowest BCUT2D eigenvalue weighted by molar-refractivity contribution is 0.0526. The van der Waals surface area contributed by atoms with Gasteiger partial charge in [0, 0.05) is 11.4 Å². The monoisotopic (exact) mass is 386 g/mol. The Morgan fingerprint density at radius 2 is 1.93 bits per heavy atom. The van der Waals surface area contributed by atoms with Gasteiger partial charge in [0.2, 0.25) is 11.2 Å². The van der Waals surface area contributed by atoms with Gasteiger partial charge in [0.15, 0.2) is 5.76 Å². The van der Waals surface area contributed by atoms with Gasteiger partial charge in [-0.15, -0.1) is 11.6 Å². The van der Waals surface area contributed by atoms with E-state index in [9.17, 15) is 9.59 Å². The largest absolute Gasteiger partial charge is 0.486 e. The van der Waals surface area contributed by atoms with E-state index in [-0.39, 0.29) is 35.3 Å². The third-order valence-electron chi connectivity index (χ3n) is 3.92. The standard InChI is InChI=1S/C21H19ClO5/c1-2-25-21(24)15-9-10-17-16(13-15)18(23)20(26-12-6-11-22)19(27-17)14-7-4-3-5-8-14/h3-5,7-10,13H,2,6,11-12H2,1H3. The Hall–Kier alpha value is -2.79.